The molecule has 7 nitrogen and oxygen atoms in total. The average molecular weight is 721 g/mol. The molecule has 13 heteroatoms. The number of nitrogens with one attached hydrogen (secondary N) is 1. The molecule has 0 heterocycles. The van der Waals surface area contributed by atoms with Crippen LogP contribution >= 0.6 is 23.2 Å². The average Bonchev–Trinajstić information content (AvgIpc) is 3.07. The first-order chi connectivity index (χ1) is 22.7. The monoisotopic (exact) mass is 719 g/mol. The van der Waals surface area contributed by atoms with Gasteiger partial charge in [0, 0.05) is 19.0 Å². The van der Waals surface area contributed by atoms with E-state index in [0.717, 1.165) is 17.7 Å². The first kappa shape index (κ1) is 36.8. The molecule has 4 aromatic carbocycles. The fourth-order valence-corrected chi connectivity index (χ4v) is 6.66. The van der Waals surface area contributed by atoms with Gasteiger partial charge in [0.1, 0.15) is 12.6 Å². The van der Waals surface area contributed by atoms with Crippen LogP contribution in [-0.4, -0.2) is 43.8 Å². The minimum Gasteiger partial charge on any atom is -0.352 e. The number of amides is 2. The molecule has 2 atom stereocenters. The van der Waals surface area contributed by atoms with Gasteiger partial charge in [-0.15, -0.1) is 0 Å². The van der Waals surface area contributed by atoms with Gasteiger partial charge in [0.25, 0.3) is 10.0 Å². The highest BCUT2D eigenvalue weighted by molar-refractivity contribution is 7.92. The lowest BCUT2D eigenvalue weighted by molar-refractivity contribution is -0.140. The molecular formula is C35H34Cl2F3N3O4S. The molecule has 0 aliphatic carbocycles. The third-order valence-electron chi connectivity index (χ3n) is 7.68. The summed E-state index contributed by atoms with van der Waals surface area (Å²) in [6, 6.07) is 23.0. The number of hydrogen-bond donors (Lipinski definition) is 1. The van der Waals surface area contributed by atoms with Gasteiger partial charge in [0.15, 0.2) is 0 Å². The van der Waals surface area contributed by atoms with Gasteiger partial charge in [-0.2, -0.15) is 13.2 Å². The number of alkyl halides is 3. The Kier molecular flexibility index (Phi) is 12.2. The summed E-state index contributed by atoms with van der Waals surface area (Å²) in [5.41, 5.74) is -0.257. The van der Waals surface area contributed by atoms with Crippen LogP contribution < -0.4 is 9.62 Å². The van der Waals surface area contributed by atoms with Crippen LogP contribution in [-0.2, 0) is 38.8 Å². The molecule has 0 aromatic heterocycles. The smallest absolute Gasteiger partial charge is 0.352 e. The second-order valence-corrected chi connectivity index (χ2v) is 13.8. The molecule has 0 saturated carbocycles. The topological polar surface area (TPSA) is 86.8 Å². The van der Waals surface area contributed by atoms with Gasteiger partial charge < -0.3 is 10.2 Å². The zero-order chi connectivity index (χ0) is 35.1. The van der Waals surface area contributed by atoms with Crippen molar-refractivity contribution in [1.29, 1.82) is 0 Å². The summed E-state index contributed by atoms with van der Waals surface area (Å²) in [4.78, 5) is 29.4. The molecule has 48 heavy (non-hydrogen) atoms. The van der Waals surface area contributed by atoms with Crippen LogP contribution in [0.15, 0.2) is 108 Å². The predicted molar refractivity (Wildman–Crippen MR) is 181 cm³/mol. The van der Waals surface area contributed by atoms with Crippen LogP contribution in [0.25, 0.3) is 0 Å². The van der Waals surface area contributed by atoms with Crippen molar-refractivity contribution >= 4 is 50.7 Å². The van der Waals surface area contributed by atoms with Gasteiger partial charge in [-0.05, 0) is 66.9 Å². The van der Waals surface area contributed by atoms with Crippen molar-refractivity contribution in [2.45, 2.75) is 56.4 Å². The van der Waals surface area contributed by atoms with E-state index < -0.39 is 46.2 Å². The van der Waals surface area contributed by atoms with Gasteiger partial charge in [-0.25, -0.2) is 8.42 Å². The fourth-order valence-electron chi connectivity index (χ4n) is 4.92. The number of benzene rings is 4. The van der Waals surface area contributed by atoms with Crippen molar-refractivity contribution in [3.05, 3.63) is 130 Å². The maximum atomic E-state index is 14.5. The first-order valence-electron chi connectivity index (χ1n) is 15.0. The Hall–Kier alpha value is -4.06. The second kappa shape index (κ2) is 15.9. The van der Waals surface area contributed by atoms with E-state index in [2.05, 4.69) is 5.32 Å². The molecule has 0 aliphatic heterocycles. The summed E-state index contributed by atoms with van der Waals surface area (Å²) < 4.78 is 70.0. The molecule has 0 fully saturated rings. The quantitative estimate of drug-likeness (QED) is 0.153. The molecule has 0 spiro atoms. The molecule has 4 rings (SSSR count). The Morgan fingerprint density at radius 2 is 1.48 bits per heavy atom. The maximum Gasteiger partial charge on any atom is 0.416 e. The first-order valence-corrected chi connectivity index (χ1v) is 17.2. The summed E-state index contributed by atoms with van der Waals surface area (Å²) in [5, 5.41) is 3.38. The van der Waals surface area contributed by atoms with Crippen molar-refractivity contribution in [3.63, 3.8) is 0 Å². The van der Waals surface area contributed by atoms with E-state index in [1.54, 1.807) is 42.5 Å². The van der Waals surface area contributed by atoms with Crippen LogP contribution in [0.4, 0.5) is 18.9 Å². The zero-order valence-electron chi connectivity index (χ0n) is 26.1. The lowest BCUT2D eigenvalue weighted by atomic mass is 10.0. The van der Waals surface area contributed by atoms with Gasteiger partial charge in [0.05, 0.1) is 26.2 Å². The van der Waals surface area contributed by atoms with Crippen LogP contribution in [0.2, 0.25) is 10.0 Å². The molecule has 0 bridgehead atoms. The minimum atomic E-state index is -4.78. The Balaban J connectivity index is 1.85. The molecule has 1 N–H and O–H groups in total. The summed E-state index contributed by atoms with van der Waals surface area (Å²) in [6.07, 6.45) is -4.12. The van der Waals surface area contributed by atoms with Crippen LogP contribution in [0.1, 0.15) is 37.0 Å². The van der Waals surface area contributed by atoms with E-state index >= 15 is 0 Å². The fraction of sp³-hybridized carbons (Fsp3) is 0.257. The third kappa shape index (κ3) is 9.30. The van der Waals surface area contributed by atoms with Gasteiger partial charge in [0.2, 0.25) is 11.8 Å². The largest absolute Gasteiger partial charge is 0.416 e. The van der Waals surface area contributed by atoms with Crippen molar-refractivity contribution in [2.24, 2.45) is 0 Å². The van der Waals surface area contributed by atoms with Crippen LogP contribution in [0.5, 0.6) is 0 Å². The third-order valence-corrected chi connectivity index (χ3v) is 10.2. The van der Waals surface area contributed by atoms with E-state index in [0.29, 0.717) is 22.4 Å². The molecule has 4 aromatic rings. The van der Waals surface area contributed by atoms with Gasteiger partial charge in [-0.1, -0.05) is 90.8 Å². The number of hydrogen-bond acceptors (Lipinski definition) is 4. The molecule has 0 saturated heterocycles. The molecule has 254 valence electrons. The molecular weight excluding hydrogens is 686 g/mol. The van der Waals surface area contributed by atoms with Gasteiger partial charge >= 0.3 is 6.18 Å². The van der Waals surface area contributed by atoms with Crippen LogP contribution in [0.3, 0.4) is 0 Å². The van der Waals surface area contributed by atoms with E-state index in [-0.39, 0.29) is 39.6 Å². The molecule has 0 unspecified atom stereocenters. The summed E-state index contributed by atoms with van der Waals surface area (Å²) in [5.74, 6) is -1.32. The highest BCUT2D eigenvalue weighted by Gasteiger charge is 2.36. The summed E-state index contributed by atoms with van der Waals surface area (Å²) >= 11 is 12.4. The number of halogens is 5. The number of carbonyl (C=O) groups is 2. The van der Waals surface area contributed by atoms with Crippen LogP contribution in [0, 0.1) is 0 Å². The minimum absolute atomic E-state index is 0.0607. The second-order valence-electron chi connectivity index (χ2n) is 11.2. The lowest BCUT2D eigenvalue weighted by Crippen LogP contribution is -2.54. The molecule has 0 aliphatic rings. The highest BCUT2D eigenvalue weighted by atomic mass is 35.5. The number of carbonyl (C=O) groups excluding carboxylic acids is 2. The van der Waals surface area contributed by atoms with E-state index in [9.17, 15) is 31.2 Å². The van der Waals surface area contributed by atoms with Gasteiger partial charge in [-0.3, -0.25) is 13.9 Å². The normalized spacial score (nSPS) is 13.0. The van der Waals surface area contributed by atoms with Crippen molar-refractivity contribution in [2.75, 3.05) is 10.8 Å². The number of sulfonamides is 1. The van der Waals surface area contributed by atoms with Crippen molar-refractivity contribution in [1.82, 2.24) is 10.2 Å². The summed E-state index contributed by atoms with van der Waals surface area (Å²) in [6.45, 7) is 2.59. The van der Waals surface area contributed by atoms with Crippen molar-refractivity contribution < 1.29 is 31.2 Å². The number of rotatable bonds is 13. The Labute approximate surface area is 288 Å². The highest BCUT2D eigenvalue weighted by Crippen LogP contribution is 2.33. The SMILES string of the molecule is CC[C@@H](C)NC(=O)[C@H](Cc1ccccc1)N(Cc1ccc(Cl)c(Cl)c1)C(=O)CN(c1cccc(C(F)(F)F)c1)S(=O)(=O)c1ccccc1. The molecule has 0 radical (unpaired) electrons. The maximum absolute atomic E-state index is 14.5. The van der Waals surface area contributed by atoms with Crippen molar-refractivity contribution in [3.8, 4) is 0 Å². The summed E-state index contributed by atoms with van der Waals surface area (Å²) in [7, 11) is -4.58. The van der Waals surface area contributed by atoms with E-state index in [4.69, 9.17) is 23.2 Å². The standard InChI is InChI=1S/C35H34Cl2F3N3O4S/c1-3-24(2)41-34(45)32(20-25-11-6-4-7-12-25)42(22-26-17-18-30(36)31(37)19-26)33(44)23-43(48(46,47)29-15-8-5-9-16-29)28-14-10-13-27(21-28)35(38,39)40/h4-19,21,24,32H,3,20,22-23H2,1-2H3,(H,41,45)/t24-,32+/m1/s1. The zero-order valence-corrected chi connectivity index (χ0v) is 28.5. The van der Waals surface area contributed by atoms with E-state index in [1.807, 2.05) is 13.8 Å². The number of nitrogens with zero attached hydrogens (tertiary/aromatic N) is 2. The number of anilines is 1. The van der Waals surface area contributed by atoms with E-state index in [1.165, 1.54) is 47.4 Å². The molecule has 2 amide bonds. The predicted octanol–water partition coefficient (Wildman–Crippen LogP) is 7.76. The Bertz CT molecular complexity index is 1830. The Morgan fingerprint density at radius 1 is 0.833 bits per heavy atom. The lowest BCUT2D eigenvalue weighted by Gasteiger charge is -2.34. The Morgan fingerprint density at radius 3 is 2.08 bits per heavy atom.